The topological polar surface area (TPSA) is 56.8 Å². The minimum absolute atomic E-state index is 0.167. The molecule has 1 amide bonds. The maximum atomic E-state index is 12.3. The van der Waals surface area contributed by atoms with Crippen molar-refractivity contribution in [2.24, 2.45) is 0 Å². The molecule has 0 bridgehead atoms. The summed E-state index contributed by atoms with van der Waals surface area (Å²) in [5.74, 6) is 1.95. The van der Waals surface area contributed by atoms with Gasteiger partial charge in [-0.3, -0.25) is 4.79 Å². The van der Waals surface area contributed by atoms with Crippen LogP contribution in [-0.2, 0) is 11.3 Å². The number of benzene rings is 2. The molecule has 1 N–H and O–H groups in total. The number of ether oxygens (including phenoxy) is 3. The Hall–Kier alpha value is -2.69. The molecule has 0 aliphatic carbocycles. The third-order valence-corrected chi connectivity index (χ3v) is 3.84. The SMILES string of the molecule is CCOc1ccc(CNC(=O)[C@H](C)Oc2ccccc2C)cc1OCC. The van der Waals surface area contributed by atoms with Gasteiger partial charge in [0.2, 0.25) is 0 Å². The van der Waals surface area contributed by atoms with E-state index in [1.54, 1.807) is 6.92 Å². The highest BCUT2D eigenvalue weighted by Crippen LogP contribution is 2.28. The van der Waals surface area contributed by atoms with Gasteiger partial charge in [0.25, 0.3) is 5.91 Å². The second-order valence-corrected chi connectivity index (χ2v) is 5.89. The molecule has 1 atom stereocenters. The predicted octanol–water partition coefficient (Wildman–Crippen LogP) is 3.88. The molecule has 5 heteroatoms. The second-order valence-electron chi connectivity index (χ2n) is 5.89. The molecule has 0 aliphatic rings. The Morgan fingerprint density at radius 2 is 1.69 bits per heavy atom. The van der Waals surface area contributed by atoms with Crippen LogP contribution in [-0.4, -0.2) is 25.2 Å². The first-order chi connectivity index (χ1) is 12.5. The Balaban J connectivity index is 1.95. The average molecular weight is 357 g/mol. The van der Waals surface area contributed by atoms with E-state index in [0.717, 1.165) is 16.9 Å². The number of nitrogens with one attached hydrogen (secondary N) is 1. The highest BCUT2D eigenvalue weighted by Gasteiger charge is 2.15. The van der Waals surface area contributed by atoms with E-state index in [2.05, 4.69) is 5.32 Å². The monoisotopic (exact) mass is 357 g/mol. The molecular weight excluding hydrogens is 330 g/mol. The summed E-state index contributed by atoms with van der Waals surface area (Å²) in [6.45, 7) is 9.07. The van der Waals surface area contributed by atoms with Crippen LogP contribution < -0.4 is 19.5 Å². The van der Waals surface area contributed by atoms with Crippen molar-refractivity contribution in [3.05, 3.63) is 53.6 Å². The number of aryl methyl sites for hydroxylation is 1. The zero-order chi connectivity index (χ0) is 18.9. The van der Waals surface area contributed by atoms with Crippen molar-refractivity contribution in [3.63, 3.8) is 0 Å². The van der Waals surface area contributed by atoms with Gasteiger partial charge in [0.15, 0.2) is 17.6 Å². The second kappa shape index (κ2) is 9.70. The number of amides is 1. The van der Waals surface area contributed by atoms with Gasteiger partial charge in [-0.15, -0.1) is 0 Å². The number of rotatable bonds is 9. The lowest BCUT2D eigenvalue weighted by molar-refractivity contribution is -0.127. The molecule has 0 radical (unpaired) electrons. The minimum Gasteiger partial charge on any atom is -0.490 e. The first kappa shape index (κ1) is 19.6. The van der Waals surface area contributed by atoms with Crippen LogP contribution in [0.15, 0.2) is 42.5 Å². The molecule has 0 heterocycles. The lowest BCUT2D eigenvalue weighted by Gasteiger charge is -2.17. The smallest absolute Gasteiger partial charge is 0.261 e. The van der Waals surface area contributed by atoms with E-state index in [-0.39, 0.29) is 5.91 Å². The molecule has 26 heavy (non-hydrogen) atoms. The fraction of sp³-hybridized carbons (Fsp3) is 0.381. The lowest BCUT2D eigenvalue weighted by atomic mass is 10.2. The molecule has 2 aromatic carbocycles. The van der Waals surface area contributed by atoms with E-state index in [1.165, 1.54) is 0 Å². The van der Waals surface area contributed by atoms with Crippen molar-refractivity contribution in [1.29, 1.82) is 0 Å². The molecule has 0 unspecified atom stereocenters. The van der Waals surface area contributed by atoms with Gasteiger partial charge in [-0.25, -0.2) is 0 Å². The van der Waals surface area contributed by atoms with Crippen LogP contribution in [0.1, 0.15) is 31.9 Å². The molecular formula is C21H27NO4. The number of hydrogen-bond acceptors (Lipinski definition) is 4. The summed E-state index contributed by atoms with van der Waals surface area (Å²) < 4.78 is 16.9. The summed E-state index contributed by atoms with van der Waals surface area (Å²) >= 11 is 0. The molecule has 0 aromatic heterocycles. The predicted molar refractivity (Wildman–Crippen MR) is 102 cm³/mol. The van der Waals surface area contributed by atoms with Crippen LogP contribution in [0.4, 0.5) is 0 Å². The highest BCUT2D eigenvalue weighted by atomic mass is 16.5. The molecule has 0 aliphatic heterocycles. The standard InChI is InChI=1S/C21H27NO4/c1-5-24-19-12-11-17(13-20(19)25-6-2)14-22-21(23)16(4)26-18-10-8-7-9-15(18)3/h7-13,16H,5-6,14H2,1-4H3,(H,22,23)/t16-/m0/s1. The highest BCUT2D eigenvalue weighted by molar-refractivity contribution is 5.80. The lowest BCUT2D eigenvalue weighted by Crippen LogP contribution is -2.36. The summed E-state index contributed by atoms with van der Waals surface area (Å²) in [6, 6.07) is 13.3. The van der Waals surface area contributed by atoms with Crippen LogP contribution in [0.3, 0.4) is 0 Å². The van der Waals surface area contributed by atoms with E-state index in [0.29, 0.717) is 31.3 Å². The number of carbonyl (C=O) groups is 1. The molecule has 0 saturated carbocycles. The van der Waals surface area contributed by atoms with Crippen LogP contribution in [0.2, 0.25) is 0 Å². The maximum Gasteiger partial charge on any atom is 0.261 e. The summed E-state index contributed by atoms with van der Waals surface area (Å²) in [6.07, 6.45) is -0.579. The third-order valence-electron chi connectivity index (χ3n) is 3.84. The zero-order valence-corrected chi connectivity index (χ0v) is 15.9. The summed E-state index contributed by atoms with van der Waals surface area (Å²) in [5.41, 5.74) is 1.94. The van der Waals surface area contributed by atoms with E-state index < -0.39 is 6.10 Å². The zero-order valence-electron chi connectivity index (χ0n) is 15.9. The van der Waals surface area contributed by atoms with Crippen molar-refractivity contribution in [1.82, 2.24) is 5.32 Å². The Bertz CT molecular complexity index is 730. The van der Waals surface area contributed by atoms with Crippen molar-refractivity contribution in [3.8, 4) is 17.2 Å². The van der Waals surface area contributed by atoms with Crippen LogP contribution >= 0.6 is 0 Å². The van der Waals surface area contributed by atoms with Crippen molar-refractivity contribution >= 4 is 5.91 Å². The van der Waals surface area contributed by atoms with Gasteiger partial charge >= 0.3 is 0 Å². The van der Waals surface area contributed by atoms with Crippen molar-refractivity contribution in [2.45, 2.75) is 40.3 Å². The van der Waals surface area contributed by atoms with Crippen LogP contribution in [0, 0.1) is 6.92 Å². The maximum absolute atomic E-state index is 12.3. The van der Waals surface area contributed by atoms with Gasteiger partial charge < -0.3 is 19.5 Å². The van der Waals surface area contributed by atoms with Crippen molar-refractivity contribution in [2.75, 3.05) is 13.2 Å². The fourth-order valence-electron chi connectivity index (χ4n) is 2.47. The van der Waals surface area contributed by atoms with Gasteiger partial charge in [0.05, 0.1) is 13.2 Å². The van der Waals surface area contributed by atoms with Crippen LogP contribution in [0.25, 0.3) is 0 Å². The van der Waals surface area contributed by atoms with Crippen LogP contribution in [0.5, 0.6) is 17.2 Å². The van der Waals surface area contributed by atoms with E-state index in [4.69, 9.17) is 14.2 Å². The Kier molecular flexibility index (Phi) is 7.33. The quantitative estimate of drug-likeness (QED) is 0.740. The molecule has 140 valence electrons. The van der Waals surface area contributed by atoms with Gasteiger partial charge in [-0.2, -0.15) is 0 Å². The Labute approximate surface area is 155 Å². The average Bonchev–Trinajstić information content (AvgIpc) is 2.63. The summed E-state index contributed by atoms with van der Waals surface area (Å²) in [5, 5.41) is 2.90. The van der Waals surface area contributed by atoms with Gasteiger partial charge in [0.1, 0.15) is 5.75 Å². The van der Waals surface area contributed by atoms with Gasteiger partial charge in [0, 0.05) is 6.54 Å². The number of carbonyl (C=O) groups excluding carboxylic acids is 1. The number of para-hydroxylation sites is 1. The first-order valence-corrected chi connectivity index (χ1v) is 8.93. The van der Waals surface area contributed by atoms with Gasteiger partial charge in [-0.05, 0) is 57.0 Å². The van der Waals surface area contributed by atoms with E-state index in [1.807, 2.05) is 63.2 Å². The summed E-state index contributed by atoms with van der Waals surface area (Å²) in [7, 11) is 0. The normalized spacial score (nSPS) is 11.5. The largest absolute Gasteiger partial charge is 0.490 e. The van der Waals surface area contributed by atoms with Crippen molar-refractivity contribution < 1.29 is 19.0 Å². The third kappa shape index (κ3) is 5.41. The van der Waals surface area contributed by atoms with E-state index in [9.17, 15) is 4.79 Å². The summed E-state index contributed by atoms with van der Waals surface area (Å²) in [4.78, 5) is 12.3. The first-order valence-electron chi connectivity index (χ1n) is 8.93. The van der Waals surface area contributed by atoms with E-state index >= 15 is 0 Å². The fourth-order valence-corrected chi connectivity index (χ4v) is 2.47. The molecule has 0 fully saturated rings. The molecule has 0 spiro atoms. The minimum atomic E-state index is -0.579. The number of hydrogen-bond donors (Lipinski definition) is 1. The molecule has 0 saturated heterocycles. The van der Waals surface area contributed by atoms with Gasteiger partial charge in [-0.1, -0.05) is 24.3 Å². The Morgan fingerprint density at radius 3 is 2.38 bits per heavy atom. The molecule has 2 rings (SSSR count). The molecule has 2 aromatic rings. The molecule has 5 nitrogen and oxygen atoms in total. The Morgan fingerprint density at radius 1 is 1.00 bits per heavy atom.